The Labute approximate surface area is 263 Å². The van der Waals surface area contributed by atoms with Crippen LogP contribution < -0.4 is 9.46 Å². The number of benzene rings is 3. The molecule has 2 saturated carbocycles. The van der Waals surface area contributed by atoms with Crippen LogP contribution in [-0.4, -0.2) is 31.6 Å². The summed E-state index contributed by atoms with van der Waals surface area (Å²) in [6.07, 6.45) is 7.28. The SMILES string of the molecule is CCC1(c2ccc(-c3ccc(-c4nc(S(=O)(=O)Nc5cc(F)c(C(=O)O)cc5OC)cs4)c(F)c3F)cc2)CC2CC[C@@H](C2)C1. The van der Waals surface area contributed by atoms with E-state index < -0.39 is 44.0 Å². The minimum Gasteiger partial charge on any atom is -0.495 e. The fourth-order valence-electron chi connectivity index (χ4n) is 7.08. The van der Waals surface area contributed by atoms with E-state index in [0.717, 1.165) is 48.1 Å². The number of hydrogen-bond acceptors (Lipinski definition) is 6. The number of aromatic carboxylic acids is 1. The number of fused-ring (bicyclic) bond motifs is 2. The minimum absolute atomic E-state index is 0.0788. The Kier molecular flexibility index (Phi) is 8.15. The molecule has 0 amide bonds. The number of carboxylic acids is 1. The van der Waals surface area contributed by atoms with Crippen LogP contribution in [0.1, 0.15) is 61.4 Å². The number of hydrogen-bond donors (Lipinski definition) is 2. The molecular weight excluding hydrogens is 626 g/mol. The second-order valence-corrected chi connectivity index (χ2v) is 14.4. The molecule has 0 aliphatic heterocycles. The molecule has 0 spiro atoms. The number of methoxy groups -OCH3 is 1. The van der Waals surface area contributed by atoms with E-state index in [9.17, 15) is 17.6 Å². The Morgan fingerprint density at radius 2 is 1.69 bits per heavy atom. The number of carbonyl (C=O) groups is 1. The molecule has 4 aromatic rings. The third-order valence-electron chi connectivity index (χ3n) is 9.33. The van der Waals surface area contributed by atoms with E-state index in [2.05, 4.69) is 16.6 Å². The lowest BCUT2D eigenvalue weighted by Crippen LogP contribution is -2.33. The topological polar surface area (TPSA) is 106 Å². The zero-order chi connectivity index (χ0) is 32.1. The molecule has 0 radical (unpaired) electrons. The maximum atomic E-state index is 15.5. The van der Waals surface area contributed by atoms with Crippen molar-refractivity contribution in [2.45, 2.75) is 55.9 Å². The molecule has 1 aromatic heterocycles. The Morgan fingerprint density at radius 3 is 2.31 bits per heavy atom. The van der Waals surface area contributed by atoms with Crippen LogP contribution in [-0.2, 0) is 15.4 Å². The van der Waals surface area contributed by atoms with Crippen LogP contribution in [0.15, 0.2) is 58.9 Å². The van der Waals surface area contributed by atoms with Crippen molar-refractivity contribution in [1.29, 1.82) is 0 Å². The maximum absolute atomic E-state index is 15.5. The van der Waals surface area contributed by atoms with Crippen molar-refractivity contribution in [2.75, 3.05) is 11.8 Å². The summed E-state index contributed by atoms with van der Waals surface area (Å²) < 4.78 is 78.4. The van der Waals surface area contributed by atoms with Crippen molar-refractivity contribution < 1.29 is 36.2 Å². The second kappa shape index (κ2) is 11.8. The van der Waals surface area contributed by atoms with Gasteiger partial charge in [-0.3, -0.25) is 4.72 Å². The van der Waals surface area contributed by atoms with Gasteiger partial charge in [-0.15, -0.1) is 11.3 Å². The Morgan fingerprint density at radius 1 is 1.04 bits per heavy atom. The Hall–Kier alpha value is -3.90. The average molecular weight is 657 g/mol. The van der Waals surface area contributed by atoms with Gasteiger partial charge in [0.15, 0.2) is 16.7 Å². The number of rotatable bonds is 9. The number of nitrogens with zero attached hydrogens (tertiary/aromatic N) is 1. The average Bonchev–Trinajstić information content (AvgIpc) is 3.65. The highest BCUT2D eigenvalue weighted by Crippen LogP contribution is 2.53. The molecule has 3 aromatic carbocycles. The summed E-state index contributed by atoms with van der Waals surface area (Å²) in [4.78, 5) is 15.2. The third-order valence-corrected chi connectivity index (χ3v) is 11.6. The van der Waals surface area contributed by atoms with Crippen molar-refractivity contribution in [1.82, 2.24) is 4.98 Å². The molecule has 45 heavy (non-hydrogen) atoms. The molecule has 1 heterocycles. The largest absolute Gasteiger partial charge is 0.495 e. The lowest BCUT2D eigenvalue weighted by atomic mass is 9.64. The number of nitrogens with one attached hydrogen (secondary N) is 1. The number of halogens is 3. The minimum atomic E-state index is -4.44. The van der Waals surface area contributed by atoms with E-state index in [1.165, 1.54) is 49.8 Å². The van der Waals surface area contributed by atoms with Crippen LogP contribution in [0.5, 0.6) is 5.75 Å². The van der Waals surface area contributed by atoms with Gasteiger partial charge in [-0.1, -0.05) is 50.1 Å². The van der Waals surface area contributed by atoms with Crippen LogP contribution in [0.3, 0.4) is 0 Å². The van der Waals surface area contributed by atoms with Crippen LogP contribution >= 0.6 is 11.3 Å². The molecule has 0 saturated heterocycles. The van der Waals surface area contributed by atoms with Gasteiger partial charge in [-0.25, -0.2) is 22.9 Å². The molecular formula is C33H31F3N2O5S2. The molecule has 3 atom stereocenters. The lowest BCUT2D eigenvalue weighted by molar-refractivity contribution is 0.0691. The summed E-state index contributed by atoms with van der Waals surface area (Å²) in [5, 5.41) is 9.65. The highest BCUT2D eigenvalue weighted by Gasteiger charge is 2.43. The molecule has 236 valence electrons. The molecule has 2 unspecified atom stereocenters. The first-order chi connectivity index (χ1) is 21.4. The molecule has 2 bridgehead atoms. The first kappa shape index (κ1) is 31.1. The molecule has 6 rings (SSSR count). The second-order valence-electron chi connectivity index (χ2n) is 11.9. The maximum Gasteiger partial charge on any atom is 0.338 e. The van der Waals surface area contributed by atoms with Crippen molar-refractivity contribution >= 4 is 33.0 Å². The van der Waals surface area contributed by atoms with E-state index in [1.54, 1.807) is 0 Å². The van der Waals surface area contributed by atoms with Gasteiger partial charge in [0, 0.05) is 22.6 Å². The van der Waals surface area contributed by atoms with Gasteiger partial charge in [-0.2, -0.15) is 8.42 Å². The normalized spacial score (nSPS) is 21.1. The van der Waals surface area contributed by atoms with Gasteiger partial charge in [0.25, 0.3) is 10.0 Å². The summed E-state index contributed by atoms with van der Waals surface area (Å²) >= 11 is 0.789. The van der Waals surface area contributed by atoms with E-state index >= 15 is 8.78 Å². The van der Waals surface area contributed by atoms with E-state index in [4.69, 9.17) is 9.84 Å². The first-order valence-electron chi connectivity index (χ1n) is 14.6. The monoisotopic (exact) mass is 656 g/mol. The summed E-state index contributed by atoms with van der Waals surface area (Å²) in [6, 6.07) is 12.1. The summed E-state index contributed by atoms with van der Waals surface area (Å²) in [7, 11) is -3.28. The molecule has 2 fully saturated rings. The van der Waals surface area contributed by atoms with Gasteiger partial charge in [0.2, 0.25) is 0 Å². The molecule has 2 aliphatic carbocycles. The number of carboxylic acid groups (broad SMARTS) is 1. The Balaban J connectivity index is 1.24. The highest BCUT2D eigenvalue weighted by atomic mass is 32.2. The number of anilines is 1. The summed E-state index contributed by atoms with van der Waals surface area (Å²) in [5.74, 6) is -3.69. The molecule has 7 nitrogen and oxygen atoms in total. The van der Waals surface area contributed by atoms with Crippen LogP contribution in [0, 0.1) is 29.3 Å². The molecule has 2 N–H and O–H groups in total. The first-order valence-corrected chi connectivity index (χ1v) is 17.0. The number of thiazole rings is 1. The van der Waals surface area contributed by atoms with Crippen LogP contribution in [0.4, 0.5) is 18.9 Å². The highest BCUT2D eigenvalue weighted by molar-refractivity contribution is 7.92. The summed E-state index contributed by atoms with van der Waals surface area (Å²) in [6.45, 7) is 2.23. The van der Waals surface area contributed by atoms with Crippen molar-refractivity contribution in [3.8, 4) is 27.4 Å². The third kappa shape index (κ3) is 5.69. The van der Waals surface area contributed by atoms with Gasteiger partial charge < -0.3 is 9.84 Å². The smallest absolute Gasteiger partial charge is 0.338 e. The van der Waals surface area contributed by atoms with Crippen molar-refractivity contribution in [3.05, 3.63) is 82.5 Å². The van der Waals surface area contributed by atoms with Gasteiger partial charge in [0.1, 0.15) is 16.6 Å². The fourth-order valence-corrected chi connectivity index (χ4v) is 9.25. The number of aromatic nitrogens is 1. The predicted octanol–water partition coefficient (Wildman–Crippen LogP) is 8.26. The van der Waals surface area contributed by atoms with Crippen molar-refractivity contribution in [3.63, 3.8) is 0 Å². The quantitative estimate of drug-likeness (QED) is 0.188. The van der Waals surface area contributed by atoms with Crippen molar-refractivity contribution in [2.24, 2.45) is 11.8 Å². The van der Waals surface area contributed by atoms with Gasteiger partial charge >= 0.3 is 5.97 Å². The van der Waals surface area contributed by atoms with E-state index in [1.807, 2.05) is 24.3 Å². The number of ether oxygens (including phenoxy) is 1. The van der Waals surface area contributed by atoms with Gasteiger partial charge in [-0.05, 0) is 66.2 Å². The zero-order valence-corrected chi connectivity index (χ0v) is 26.2. The summed E-state index contributed by atoms with van der Waals surface area (Å²) in [5.41, 5.74) is 0.708. The number of sulfonamides is 1. The molecule has 2 aliphatic rings. The fraction of sp³-hybridized carbons (Fsp3) is 0.333. The lowest BCUT2D eigenvalue weighted by Gasteiger charge is -2.41. The predicted molar refractivity (Wildman–Crippen MR) is 166 cm³/mol. The zero-order valence-electron chi connectivity index (χ0n) is 24.6. The van der Waals surface area contributed by atoms with Crippen LogP contribution in [0.2, 0.25) is 0 Å². The van der Waals surface area contributed by atoms with E-state index in [0.29, 0.717) is 11.6 Å². The van der Waals surface area contributed by atoms with Gasteiger partial charge in [0.05, 0.1) is 18.4 Å². The Bertz CT molecular complexity index is 1880. The van der Waals surface area contributed by atoms with E-state index in [-0.39, 0.29) is 33.0 Å². The van der Waals surface area contributed by atoms with Crippen LogP contribution in [0.25, 0.3) is 21.7 Å². The standard InChI is InChI=1S/C33H31F3N2O5S2/c1-3-33(15-18-4-5-19(12-18)16-33)21-8-6-20(7-9-21)22-10-11-23(30(36)29(22)35)31-37-28(17-44-31)45(41,42)38-26-14-25(34)24(32(39)40)13-27(26)43-2/h6-11,13-14,17-19,38H,3-5,12,15-16H2,1-2H3,(H,39,40)/t18-,19?,33?/m0/s1. The molecule has 12 heteroatoms.